The number of ether oxygens (including phenoxy) is 1. The molecule has 0 bridgehead atoms. The molecule has 0 aliphatic rings. The van der Waals surface area contributed by atoms with Crippen LogP contribution < -0.4 is 10.1 Å². The lowest BCUT2D eigenvalue weighted by Gasteiger charge is -2.08. The van der Waals surface area contributed by atoms with Gasteiger partial charge in [-0.15, -0.1) is 5.10 Å². The summed E-state index contributed by atoms with van der Waals surface area (Å²) in [7, 11) is 0. The van der Waals surface area contributed by atoms with Gasteiger partial charge in [0.05, 0.1) is 6.61 Å². The summed E-state index contributed by atoms with van der Waals surface area (Å²) in [5.74, 6) is 0.915. The van der Waals surface area contributed by atoms with Crippen molar-refractivity contribution in [2.24, 2.45) is 0 Å². The number of nitrogens with zero attached hydrogens (tertiary/aromatic N) is 4. The summed E-state index contributed by atoms with van der Waals surface area (Å²) < 4.78 is 7.23. The first kappa shape index (κ1) is 14.9. The predicted octanol–water partition coefficient (Wildman–Crippen LogP) is -0.00590. The van der Waals surface area contributed by atoms with Crippen molar-refractivity contribution in [2.45, 2.75) is 20.1 Å². The fourth-order valence-electron chi connectivity index (χ4n) is 1.72. The van der Waals surface area contributed by atoms with Gasteiger partial charge in [-0.25, -0.2) is 4.68 Å². The summed E-state index contributed by atoms with van der Waals surface area (Å²) in [6.45, 7) is 2.95. The number of hydrogen-bond donors (Lipinski definition) is 2. The third-order valence-corrected chi connectivity index (χ3v) is 2.77. The molecule has 2 aromatic rings. The fraction of sp³-hybridized carbons (Fsp3) is 0.385. The number of tetrazole rings is 1. The second kappa shape index (κ2) is 7.34. The van der Waals surface area contributed by atoms with Gasteiger partial charge in [-0.3, -0.25) is 4.79 Å². The molecule has 0 fully saturated rings. The van der Waals surface area contributed by atoms with Crippen molar-refractivity contribution in [3.8, 4) is 5.75 Å². The van der Waals surface area contributed by atoms with Crippen LogP contribution in [0.5, 0.6) is 5.75 Å². The quantitative estimate of drug-likeness (QED) is 0.744. The first-order chi connectivity index (χ1) is 10.2. The summed E-state index contributed by atoms with van der Waals surface area (Å²) in [4.78, 5) is 11.8. The Morgan fingerprint density at radius 3 is 3.10 bits per heavy atom. The molecule has 2 N–H and O–H groups in total. The highest BCUT2D eigenvalue weighted by atomic mass is 16.5. The van der Waals surface area contributed by atoms with E-state index in [-0.39, 0.29) is 25.7 Å². The van der Waals surface area contributed by atoms with Crippen molar-refractivity contribution in [1.82, 2.24) is 25.5 Å². The Hall–Kier alpha value is -2.48. The van der Waals surface area contributed by atoms with Crippen LogP contribution >= 0.6 is 0 Å². The number of hydrogen-bond acceptors (Lipinski definition) is 6. The minimum atomic E-state index is -0.257. The van der Waals surface area contributed by atoms with Crippen molar-refractivity contribution in [3.63, 3.8) is 0 Å². The molecular weight excluding hydrogens is 274 g/mol. The van der Waals surface area contributed by atoms with E-state index in [9.17, 15) is 4.79 Å². The Bertz CT molecular complexity index is 599. The number of carbonyl (C=O) groups excluding carboxylic acids is 1. The largest absolute Gasteiger partial charge is 0.486 e. The molecule has 1 aromatic carbocycles. The molecule has 21 heavy (non-hydrogen) atoms. The summed E-state index contributed by atoms with van der Waals surface area (Å²) in [5.41, 5.74) is 0.469. The minimum Gasteiger partial charge on any atom is -0.486 e. The first-order valence-corrected chi connectivity index (χ1v) is 6.61. The average molecular weight is 291 g/mol. The van der Waals surface area contributed by atoms with Crippen LogP contribution in [0.1, 0.15) is 23.1 Å². The molecule has 0 unspecified atom stereocenters. The number of amides is 1. The van der Waals surface area contributed by atoms with Gasteiger partial charge in [-0.1, -0.05) is 6.07 Å². The Morgan fingerprint density at radius 2 is 2.33 bits per heavy atom. The molecule has 2 rings (SSSR count). The number of aliphatic hydroxyl groups excluding tert-OH is 1. The van der Waals surface area contributed by atoms with Crippen LogP contribution in [-0.4, -0.2) is 44.4 Å². The van der Waals surface area contributed by atoms with Crippen LogP contribution in [0, 0.1) is 0 Å². The van der Waals surface area contributed by atoms with Gasteiger partial charge >= 0.3 is 0 Å². The van der Waals surface area contributed by atoms with Crippen molar-refractivity contribution < 1.29 is 14.6 Å². The minimum absolute atomic E-state index is 0.0956. The standard InChI is InChI=1S/C13H17N5O3/c1-2-18-12(15-16-17-18)9-21-11-5-3-4-10(8-11)13(20)14-6-7-19/h3-5,8,19H,2,6-7,9H2,1H3,(H,14,20). The lowest BCUT2D eigenvalue weighted by Crippen LogP contribution is -2.26. The average Bonchev–Trinajstić information content (AvgIpc) is 2.98. The van der Waals surface area contributed by atoms with E-state index in [0.717, 1.165) is 0 Å². The van der Waals surface area contributed by atoms with E-state index in [4.69, 9.17) is 9.84 Å². The fourth-order valence-corrected chi connectivity index (χ4v) is 1.72. The predicted molar refractivity (Wildman–Crippen MR) is 73.7 cm³/mol. The van der Waals surface area contributed by atoms with Gasteiger partial charge in [0.1, 0.15) is 12.4 Å². The van der Waals surface area contributed by atoms with Crippen LogP contribution in [0.4, 0.5) is 0 Å². The highest BCUT2D eigenvalue weighted by molar-refractivity contribution is 5.94. The third-order valence-electron chi connectivity index (χ3n) is 2.77. The van der Waals surface area contributed by atoms with Gasteiger partial charge in [0.2, 0.25) is 0 Å². The van der Waals surface area contributed by atoms with Gasteiger partial charge in [0.25, 0.3) is 5.91 Å². The van der Waals surface area contributed by atoms with Gasteiger partial charge < -0.3 is 15.2 Å². The Morgan fingerprint density at radius 1 is 1.48 bits per heavy atom. The number of benzene rings is 1. The molecule has 0 saturated carbocycles. The topological polar surface area (TPSA) is 102 Å². The van der Waals surface area contributed by atoms with Crippen LogP contribution in [0.2, 0.25) is 0 Å². The lowest BCUT2D eigenvalue weighted by atomic mass is 10.2. The Labute approximate surface area is 121 Å². The molecule has 8 heteroatoms. The number of aromatic nitrogens is 4. The highest BCUT2D eigenvalue weighted by Crippen LogP contribution is 2.14. The van der Waals surface area contributed by atoms with Crippen molar-refractivity contribution >= 4 is 5.91 Å². The van der Waals surface area contributed by atoms with E-state index in [0.29, 0.717) is 23.7 Å². The number of aryl methyl sites for hydroxylation is 1. The van der Waals surface area contributed by atoms with E-state index >= 15 is 0 Å². The van der Waals surface area contributed by atoms with Gasteiger partial charge in [-0.05, 0) is 35.5 Å². The molecule has 112 valence electrons. The van der Waals surface area contributed by atoms with E-state index in [1.807, 2.05) is 6.92 Å². The van der Waals surface area contributed by atoms with Crippen LogP contribution in [-0.2, 0) is 13.2 Å². The molecular formula is C13H17N5O3. The SMILES string of the molecule is CCn1nnnc1COc1cccc(C(=O)NCCO)c1. The molecule has 0 spiro atoms. The normalized spacial score (nSPS) is 10.4. The molecule has 0 radical (unpaired) electrons. The number of nitrogens with one attached hydrogen (secondary N) is 1. The van der Waals surface area contributed by atoms with E-state index in [2.05, 4.69) is 20.8 Å². The molecule has 0 saturated heterocycles. The summed E-state index contributed by atoms with van der Waals surface area (Å²) in [5, 5.41) is 22.5. The monoisotopic (exact) mass is 291 g/mol. The number of aliphatic hydroxyl groups is 1. The lowest BCUT2D eigenvalue weighted by molar-refractivity contribution is 0.0944. The van der Waals surface area contributed by atoms with Crippen LogP contribution in [0.3, 0.4) is 0 Å². The maximum absolute atomic E-state index is 11.8. The zero-order valence-electron chi connectivity index (χ0n) is 11.7. The molecule has 1 aromatic heterocycles. The number of carbonyl (C=O) groups is 1. The second-order valence-electron chi connectivity index (χ2n) is 4.21. The first-order valence-electron chi connectivity index (χ1n) is 6.61. The zero-order chi connectivity index (χ0) is 15.1. The van der Waals surface area contributed by atoms with Gasteiger partial charge in [0.15, 0.2) is 5.82 Å². The molecule has 0 aliphatic carbocycles. The van der Waals surface area contributed by atoms with Crippen molar-refractivity contribution in [3.05, 3.63) is 35.7 Å². The maximum Gasteiger partial charge on any atom is 0.251 e. The van der Waals surface area contributed by atoms with Crippen molar-refractivity contribution in [2.75, 3.05) is 13.2 Å². The summed E-state index contributed by atoms with van der Waals surface area (Å²) in [6, 6.07) is 6.79. The molecule has 1 amide bonds. The second-order valence-corrected chi connectivity index (χ2v) is 4.21. The van der Waals surface area contributed by atoms with Crippen LogP contribution in [0.15, 0.2) is 24.3 Å². The van der Waals surface area contributed by atoms with Crippen LogP contribution in [0.25, 0.3) is 0 Å². The smallest absolute Gasteiger partial charge is 0.251 e. The van der Waals surface area contributed by atoms with E-state index < -0.39 is 0 Å². The highest BCUT2D eigenvalue weighted by Gasteiger charge is 2.08. The van der Waals surface area contributed by atoms with E-state index in [1.54, 1.807) is 28.9 Å². The molecule has 0 aliphatic heterocycles. The third kappa shape index (κ3) is 3.99. The Balaban J connectivity index is 1.99. The van der Waals surface area contributed by atoms with Gasteiger partial charge in [-0.2, -0.15) is 0 Å². The number of rotatable bonds is 7. The molecule has 1 heterocycles. The molecule has 0 atom stereocenters. The Kier molecular flexibility index (Phi) is 5.22. The molecule has 8 nitrogen and oxygen atoms in total. The van der Waals surface area contributed by atoms with Crippen molar-refractivity contribution in [1.29, 1.82) is 0 Å². The van der Waals surface area contributed by atoms with Gasteiger partial charge in [0, 0.05) is 18.7 Å². The maximum atomic E-state index is 11.8. The summed E-state index contributed by atoms with van der Waals surface area (Å²) >= 11 is 0. The van der Waals surface area contributed by atoms with E-state index in [1.165, 1.54) is 0 Å². The summed E-state index contributed by atoms with van der Waals surface area (Å²) in [6.07, 6.45) is 0. The zero-order valence-corrected chi connectivity index (χ0v) is 11.7.